The van der Waals surface area contributed by atoms with Crippen LogP contribution in [0.2, 0.25) is 0 Å². The molecule has 0 aromatic heterocycles. The highest BCUT2D eigenvalue weighted by Crippen LogP contribution is 2.33. The third-order valence-electron chi connectivity index (χ3n) is 3.44. The Bertz CT molecular complexity index is 484. The predicted molar refractivity (Wildman–Crippen MR) is 65.9 cm³/mol. The summed E-state index contributed by atoms with van der Waals surface area (Å²) < 4.78 is 5.03. The molecule has 1 saturated heterocycles. The molecule has 1 heterocycles. The molecular weight excluding hydrogens is 232 g/mol. The van der Waals surface area contributed by atoms with Crippen LogP contribution in [0.4, 0.5) is 0 Å². The van der Waals surface area contributed by atoms with Crippen LogP contribution >= 0.6 is 0 Å². The molecule has 1 aliphatic heterocycles. The molecule has 1 aromatic rings. The van der Waals surface area contributed by atoms with E-state index in [0.717, 1.165) is 5.01 Å². The van der Waals surface area contributed by atoms with Crippen molar-refractivity contribution in [3.8, 4) is 5.75 Å². The van der Waals surface area contributed by atoms with Crippen molar-refractivity contribution in [2.45, 2.75) is 13.3 Å². The van der Waals surface area contributed by atoms with E-state index in [1.165, 1.54) is 0 Å². The standard InChI is InChI=1S/C13H16N2O3/c1-13(7-8-15(14)12(13)17)11(16)9-3-5-10(18-2)6-4-9/h3-6H,7-8,14H2,1-2H3/t13-/m0/s1. The average Bonchev–Trinajstić information content (AvgIpc) is 2.67. The molecule has 5 nitrogen and oxygen atoms in total. The van der Waals surface area contributed by atoms with Crippen molar-refractivity contribution in [2.75, 3.05) is 13.7 Å². The summed E-state index contributed by atoms with van der Waals surface area (Å²) in [6.45, 7) is 2.06. The van der Waals surface area contributed by atoms with Crippen LogP contribution in [0.25, 0.3) is 0 Å². The number of hydrazine groups is 1. The van der Waals surface area contributed by atoms with Gasteiger partial charge in [-0.2, -0.15) is 0 Å². The fraction of sp³-hybridized carbons (Fsp3) is 0.385. The van der Waals surface area contributed by atoms with Gasteiger partial charge in [-0.3, -0.25) is 14.6 Å². The maximum atomic E-state index is 12.4. The van der Waals surface area contributed by atoms with Crippen molar-refractivity contribution >= 4 is 11.7 Å². The second kappa shape index (κ2) is 4.42. The van der Waals surface area contributed by atoms with Crippen molar-refractivity contribution in [2.24, 2.45) is 11.3 Å². The Morgan fingerprint density at radius 3 is 2.44 bits per heavy atom. The highest BCUT2D eigenvalue weighted by Gasteiger charge is 2.47. The maximum Gasteiger partial charge on any atom is 0.250 e. The molecule has 1 aromatic carbocycles. The molecule has 2 rings (SSSR count). The van der Waals surface area contributed by atoms with E-state index in [1.54, 1.807) is 38.3 Å². The zero-order valence-electron chi connectivity index (χ0n) is 10.5. The minimum atomic E-state index is -1.04. The van der Waals surface area contributed by atoms with Gasteiger partial charge in [0.15, 0.2) is 5.78 Å². The number of carbonyl (C=O) groups is 2. The SMILES string of the molecule is COc1ccc(C(=O)[C@]2(C)CCN(N)C2=O)cc1. The number of nitrogens with two attached hydrogens (primary N) is 1. The van der Waals surface area contributed by atoms with Gasteiger partial charge in [-0.1, -0.05) is 0 Å². The topological polar surface area (TPSA) is 72.6 Å². The van der Waals surface area contributed by atoms with Gasteiger partial charge < -0.3 is 4.74 Å². The van der Waals surface area contributed by atoms with E-state index in [-0.39, 0.29) is 11.7 Å². The van der Waals surface area contributed by atoms with Gasteiger partial charge in [0, 0.05) is 12.1 Å². The lowest BCUT2D eigenvalue weighted by atomic mass is 9.81. The summed E-state index contributed by atoms with van der Waals surface area (Å²) >= 11 is 0. The van der Waals surface area contributed by atoms with Crippen LogP contribution in [0.5, 0.6) is 5.75 Å². The Hall–Kier alpha value is -1.88. The molecule has 0 spiro atoms. The molecule has 0 unspecified atom stereocenters. The second-order valence-corrected chi connectivity index (χ2v) is 4.64. The largest absolute Gasteiger partial charge is 0.497 e. The summed E-state index contributed by atoms with van der Waals surface area (Å²) in [5.74, 6) is 5.69. The normalized spacial score (nSPS) is 23.3. The van der Waals surface area contributed by atoms with Crippen molar-refractivity contribution in [3.05, 3.63) is 29.8 Å². The number of ketones is 1. The minimum absolute atomic E-state index is 0.192. The van der Waals surface area contributed by atoms with Crippen LogP contribution in [0.3, 0.4) is 0 Å². The Kier molecular flexibility index (Phi) is 3.09. The molecule has 1 aliphatic rings. The van der Waals surface area contributed by atoms with Crippen LogP contribution in [-0.4, -0.2) is 30.4 Å². The molecule has 96 valence electrons. The Balaban J connectivity index is 2.28. The molecule has 0 saturated carbocycles. The monoisotopic (exact) mass is 248 g/mol. The number of hydrogen-bond acceptors (Lipinski definition) is 4. The van der Waals surface area contributed by atoms with Gasteiger partial charge in [0.1, 0.15) is 11.2 Å². The fourth-order valence-corrected chi connectivity index (χ4v) is 2.14. The van der Waals surface area contributed by atoms with Gasteiger partial charge in [0.05, 0.1) is 7.11 Å². The fourth-order valence-electron chi connectivity index (χ4n) is 2.14. The van der Waals surface area contributed by atoms with Gasteiger partial charge in [0.2, 0.25) is 5.91 Å². The number of hydrogen-bond donors (Lipinski definition) is 1. The molecular formula is C13H16N2O3. The van der Waals surface area contributed by atoms with E-state index in [2.05, 4.69) is 0 Å². The van der Waals surface area contributed by atoms with Gasteiger partial charge >= 0.3 is 0 Å². The van der Waals surface area contributed by atoms with Gasteiger partial charge in [-0.25, -0.2) is 5.84 Å². The third kappa shape index (κ3) is 1.86. The molecule has 2 N–H and O–H groups in total. The highest BCUT2D eigenvalue weighted by molar-refractivity contribution is 6.14. The first-order valence-electron chi connectivity index (χ1n) is 5.74. The molecule has 1 amide bonds. The minimum Gasteiger partial charge on any atom is -0.497 e. The van der Waals surface area contributed by atoms with E-state index in [0.29, 0.717) is 24.3 Å². The average molecular weight is 248 g/mol. The number of Topliss-reactive ketones (excluding diaryl/α,β-unsaturated/α-hetero) is 1. The summed E-state index contributed by atoms with van der Waals surface area (Å²) in [6, 6.07) is 6.74. The lowest BCUT2D eigenvalue weighted by molar-refractivity contribution is -0.133. The molecule has 5 heteroatoms. The summed E-state index contributed by atoms with van der Waals surface area (Å²) in [4.78, 5) is 24.3. The smallest absolute Gasteiger partial charge is 0.250 e. The zero-order valence-corrected chi connectivity index (χ0v) is 10.5. The van der Waals surface area contributed by atoms with E-state index in [1.807, 2.05) is 0 Å². The summed E-state index contributed by atoms with van der Waals surface area (Å²) in [6.07, 6.45) is 0.452. The number of ether oxygens (including phenoxy) is 1. The lowest BCUT2D eigenvalue weighted by Gasteiger charge is -2.20. The van der Waals surface area contributed by atoms with Gasteiger partial charge in [0.25, 0.3) is 0 Å². The van der Waals surface area contributed by atoms with Crippen molar-refractivity contribution in [1.29, 1.82) is 0 Å². The Morgan fingerprint density at radius 1 is 1.39 bits per heavy atom. The molecule has 1 fully saturated rings. The van der Waals surface area contributed by atoms with Crippen LogP contribution in [-0.2, 0) is 4.79 Å². The van der Waals surface area contributed by atoms with Crippen LogP contribution < -0.4 is 10.6 Å². The van der Waals surface area contributed by atoms with E-state index >= 15 is 0 Å². The Labute approximate surface area is 105 Å². The van der Waals surface area contributed by atoms with E-state index in [4.69, 9.17) is 10.6 Å². The molecule has 0 aliphatic carbocycles. The number of amides is 1. The molecule has 0 radical (unpaired) electrons. The first-order chi connectivity index (χ1) is 8.49. The first-order valence-corrected chi connectivity index (χ1v) is 5.74. The third-order valence-corrected chi connectivity index (χ3v) is 3.44. The summed E-state index contributed by atoms with van der Waals surface area (Å²) in [5, 5.41) is 1.11. The van der Waals surface area contributed by atoms with E-state index in [9.17, 15) is 9.59 Å². The van der Waals surface area contributed by atoms with Crippen molar-refractivity contribution < 1.29 is 14.3 Å². The summed E-state index contributed by atoms with van der Waals surface area (Å²) in [7, 11) is 1.56. The second-order valence-electron chi connectivity index (χ2n) is 4.64. The van der Waals surface area contributed by atoms with Crippen LogP contribution in [0.15, 0.2) is 24.3 Å². The van der Waals surface area contributed by atoms with E-state index < -0.39 is 5.41 Å². The van der Waals surface area contributed by atoms with Gasteiger partial charge in [-0.05, 0) is 37.6 Å². The zero-order chi connectivity index (χ0) is 13.3. The quantitative estimate of drug-likeness (QED) is 0.375. The predicted octanol–water partition coefficient (Wildman–Crippen LogP) is 0.990. The number of rotatable bonds is 3. The number of nitrogens with zero attached hydrogens (tertiary/aromatic N) is 1. The number of benzene rings is 1. The molecule has 1 atom stereocenters. The summed E-state index contributed by atoms with van der Waals surface area (Å²) in [5.41, 5.74) is -0.537. The first kappa shape index (κ1) is 12.6. The van der Waals surface area contributed by atoms with Crippen LogP contribution in [0, 0.1) is 5.41 Å². The lowest BCUT2D eigenvalue weighted by Crippen LogP contribution is -2.41. The maximum absolute atomic E-state index is 12.4. The Morgan fingerprint density at radius 2 is 2.00 bits per heavy atom. The van der Waals surface area contributed by atoms with Crippen molar-refractivity contribution in [1.82, 2.24) is 5.01 Å². The van der Waals surface area contributed by atoms with Crippen LogP contribution in [0.1, 0.15) is 23.7 Å². The molecule has 0 bridgehead atoms. The number of carbonyl (C=O) groups excluding carboxylic acids is 2. The molecule has 18 heavy (non-hydrogen) atoms. The number of methoxy groups -OCH3 is 1. The highest BCUT2D eigenvalue weighted by atomic mass is 16.5. The van der Waals surface area contributed by atoms with Crippen molar-refractivity contribution in [3.63, 3.8) is 0 Å². The van der Waals surface area contributed by atoms with Gasteiger partial charge in [-0.15, -0.1) is 0 Å².